The second-order valence-electron chi connectivity index (χ2n) is 7.53. The van der Waals surface area contributed by atoms with E-state index >= 15 is 0 Å². The molecule has 146 valence electrons. The zero-order valence-corrected chi connectivity index (χ0v) is 16.4. The Kier molecular flexibility index (Phi) is 6.34. The summed E-state index contributed by atoms with van der Waals surface area (Å²) in [7, 11) is -3.21. The molecule has 2 N–H and O–H groups in total. The molecule has 1 aromatic heterocycles. The summed E-state index contributed by atoms with van der Waals surface area (Å²) in [6.45, 7) is 3.04. The van der Waals surface area contributed by atoms with Gasteiger partial charge in [0.2, 0.25) is 15.9 Å². The third-order valence-corrected chi connectivity index (χ3v) is 7.52. The first-order valence-corrected chi connectivity index (χ1v) is 11.4. The van der Waals surface area contributed by atoms with Crippen molar-refractivity contribution < 1.29 is 13.2 Å². The minimum Gasteiger partial charge on any atom is -0.323 e. The van der Waals surface area contributed by atoms with Gasteiger partial charge in [-0.3, -0.25) is 9.89 Å². The fraction of sp³-hybridized carbons (Fsp3) is 0.778. The maximum atomic E-state index is 12.5. The number of rotatable bonds is 7. The normalized spacial score (nSPS) is 22.6. The number of aromatic amines is 1. The average Bonchev–Trinajstić information content (AvgIpc) is 3.32. The molecule has 2 heterocycles. The van der Waals surface area contributed by atoms with Crippen LogP contribution < -0.4 is 5.32 Å². The lowest BCUT2D eigenvalue weighted by Crippen LogP contribution is -2.40. The van der Waals surface area contributed by atoms with Crippen molar-refractivity contribution in [2.24, 2.45) is 5.92 Å². The molecule has 1 aliphatic carbocycles. The average molecular weight is 383 g/mol. The number of nitrogens with one attached hydrogen (secondary N) is 2. The quantitative estimate of drug-likeness (QED) is 0.758. The van der Waals surface area contributed by atoms with Gasteiger partial charge in [0, 0.05) is 24.9 Å². The molecule has 1 aliphatic heterocycles. The number of sulfonamides is 1. The van der Waals surface area contributed by atoms with Crippen LogP contribution in [-0.2, 0) is 14.8 Å². The SMILES string of the molecule is CCCCS(=O)(=O)N1CCC[C@H](c2[nH]ncc2NC(=O)C2CCCC2)C1. The van der Waals surface area contributed by atoms with E-state index in [1.807, 2.05) is 6.92 Å². The molecular weight excluding hydrogens is 352 g/mol. The van der Waals surface area contributed by atoms with E-state index < -0.39 is 10.0 Å². The van der Waals surface area contributed by atoms with Crippen LogP contribution in [-0.4, -0.2) is 47.7 Å². The minimum absolute atomic E-state index is 0.0431. The fourth-order valence-corrected chi connectivity index (χ4v) is 5.74. The highest BCUT2D eigenvalue weighted by atomic mass is 32.2. The number of unbranched alkanes of at least 4 members (excludes halogenated alkanes) is 1. The molecule has 8 heteroatoms. The first-order chi connectivity index (χ1) is 12.5. The molecule has 0 spiro atoms. The Labute approximate surface area is 156 Å². The number of carbonyl (C=O) groups excluding carboxylic acids is 1. The van der Waals surface area contributed by atoms with E-state index in [9.17, 15) is 13.2 Å². The van der Waals surface area contributed by atoms with Crippen LogP contribution in [0.25, 0.3) is 0 Å². The Balaban J connectivity index is 1.67. The van der Waals surface area contributed by atoms with Crippen LogP contribution in [0.1, 0.15) is 69.9 Å². The van der Waals surface area contributed by atoms with Gasteiger partial charge >= 0.3 is 0 Å². The molecule has 1 aromatic rings. The van der Waals surface area contributed by atoms with Crippen molar-refractivity contribution in [2.75, 3.05) is 24.2 Å². The third-order valence-electron chi connectivity index (χ3n) is 5.59. The predicted octanol–water partition coefficient (Wildman–Crippen LogP) is 2.85. The van der Waals surface area contributed by atoms with Gasteiger partial charge in [-0.2, -0.15) is 5.10 Å². The smallest absolute Gasteiger partial charge is 0.227 e. The highest BCUT2D eigenvalue weighted by Crippen LogP contribution is 2.33. The molecule has 7 nitrogen and oxygen atoms in total. The van der Waals surface area contributed by atoms with E-state index in [4.69, 9.17) is 0 Å². The summed E-state index contributed by atoms with van der Waals surface area (Å²) in [6.07, 6.45) is 9.06. The largest absolute Gasteiger partial charge is 0.323 e. The van der Waals surface area contributed by atoms with Gasteiger partial charge in [0.25, 0.3) is 0 Å². The molecule has 3 rings (SSSR count). The van der Waals surface area contributed by atoms with Gasteiger partial charge in [0.1, 0.15) is 0 Å². The van der Waals surface area contributed by atoms with Crippen LogP contribution >= 0.6 is 0 Å². The predicted molar refractivity (Wildman–Crippen MR) is 101 cm³/mol. The summed E-state index contributed by atoms with van der Waals surface area (Å²) in [5, 5.41) is 10.1. The summed E-state index contributed by atoms with van der Waals surface area (Å²) in [4.78, 5) is 12.4. The van der Waals surface area contributed by atoms with Crippen molar-refractivity contribution in [2.45, 2.75) is 64.2 Å². The van der Waals surface area contributed by atoms with Crippen LogP contribution in [0.3, 0.4) is 0 Å². The second-order valence-corrected chi connectivity index (χ2v) is 9.62. The minimum atomic E-state index is -3.21. The van der Waals surface area contributed by atoms with Crippen LogP contribution in [0.15, 0.2) is 6.20 Å². The van der Waals surface area contributed by atoms with Crippen molar-refractivity contribution in [3.63, 3.8) is 0 Å². The maximum Gasteiger partial charge on any atom is 0.227 e. The van der Waals surface area contributed by atoms with Crippen molar-refractivity contribution in [3.8, 4) is 0 Å². The number of aromatic nitrogens is 2. The van der Waals surface area contributed by atoms with Gasteiger partial charge in [-0.25, -0.2) is 12.7 Å². The zero-order chi connectivity index (χ0) is 18.6. The molecule has 0 aromatic carbocycles. The molecule has 2 aliphatic rings. The topological polar surface area (TPSA) is 95.2 Å². The lowest BCUT2D eigenvalue weighted by molar-refractivity contribution is -0.119. The van der Waals surface area contributed by atoms with Crippen LogP contribution in [0.5, 0.6) is 0 Å². The van der Waals surface area contributed by atoms with Crippen molar-refractivity contribution >= 4 is 21.6 Å². The van der Waals surface area contributed by atoms with Gasteiger partial charge in [0.05, 0.1) is 23.3 Å². The van der Waals surface area contributed by atoms with Gasteiger partial charge in [0.15, 0.2) is 0 Å². The van der Waals surface area contributed by atoms with Crippen molar-refractivity contribution in [3.05, 3.63) is 11.9 Å². The molecule has 1 saturated heterocycles. The molecular formula is C18H30N4O3S. The summed E-state index contributed by atoms with van der Waals surface area (Å²) < 4.78 is 26.7. The number of nitrogens with zero attached hydrogens (tertiary/aromatic N) is 2. The third kappa shape index (κ3) is 4.46. The standard InChI is InChI=1S/C18H30N4O3S/c1-2-3-11-26(24,25)22-10-6-9-15(13-22)17-16(12-19-21-17)20-18(23)14-7-4-5-8-14/h12,14-15H,2-11,13H2,1H3,(H,19,21)(H,20,23)/t15-/m0/s1. The lowest BCUT2D eigenvalue weighted by Gasteiger charge is -2.32. The van der Waals surface area contributed by atoms with E-state index in [2.05, 4.69) is 15.5 Å². The fourth-order valence-electron chi connectivity index (χ4n) is 4.02. The molecule has 0 bridgehead atoms. The highest BCUT2D eigenvalue weighted by molar-refractivity contribution is 7.89. The molecule has 1 saturated carbocycles. The summed E-state index contributed by atoms with van der Waals surface area (Å²) in [5.41, 5.74) is 1.56. The highest BCUT2D eigenvalue weighted by Gasteiger charge is 2.32. The maximum absolute atomic E-state index is 12.5. The van der Waals surface area contributed by atoms with E-state index in [1.165, 1.54) is 0 Å². The Morgan fingerprint density at radius 2 is 2.08 bits per heavy atom. The van der Waals surface area contributed by atoms with Crippen molar-refractivity contribution in [1.29, 1.82) is 0 Å². The van der Waals surface area contributed by atoms with Gasteiger partial charge in [-0.15, -0.1) is 0 Å². The van der Waals surface area contributed by atoms with Gasteiger partial charge in [-0.1, -0.05) is 26.2 Å². The Morgan fingerprint density at radius 3 is 2.81 bits per heavy atom. The van der Waals surface area contributed by atoms with Crippen molar-refractivity contribution in [1.82, 2.24) is 14.5 Å². The van der Waals surface area contributed by atoms with E-state index in [0.29, 0.717) is 25.2 Å². The number of amides is 1. The van der Waals surface area contributed by atoms with Crippen LogP contribution in [0.4, 0.5) is 5.69 Å². The Bertz CT molecular complexity index is 710. The number of piperidine rings is 1. The molecule has 1 atom stereocenters. The molecule has 2 fully saturated rings. The summed E-state index contributed by atoms with van der Waals surface area (Å²) in [6, 6.07) is 0. The lowest BCUT2D eigenvalue weighted by atomic mass is 9.95. The number of hydrogen-bond donors (Lipinski definition) is 2. The molecule has 26 heavy (non-hydrogen) atoms. The first-order valence-electron chi connectivity index (χ1n) is 9.83. The number of hydrogen-bond acceptors (Lipinski definition) is 4. The van der Waals surface area contributed by atoms with Gasteiger partial charge < -0.3 is 5.32 Å². The Morgan fingerprint density at radius 1 is 1.31 bits per heavy atom. The number of anilines is 1. The molecule has 0 radical (unpaired) electrons. The summed E-state index contributed by atoms with van der Waals surface area (Å²) >= 11 is 0. The van der Waals surface area contributed by atoms with E-state index in [1.54, 1.807) is 10.5 Å². The number of H-pyrrole nitrogens is 1. The van der Waals surface area contributed by atoms with E-state index in [-0.39, 0.29) is 23.5 Å². The number of carbonyl (C=O) groups is 1. The van der Waals surface area contributed by atoms with Crippen LogP contribution in [0.2, 0.25) is 0 Å². The second kappa shape index (κ2) is 8.52. The molecule has 0 unspecified atom stereocenters. The Hall–Kier alpha value is -1.41. The van der Waals surface area contributed by atoms with Gasteiger partial charge in [-0.05, 0) is 32.1 Å². The monoisotopic (exact) mass is 382 g/mol. The van der Waals surface area contributed by atoms with E-state index in [0.717, 1.165) is 50.6 Å². The van der Waals surface area contributed by atoms with Crippen LogP contribution in [0, 0.1) is 5.92 Å². The first kappa shape index (κ1) is 19.4. The summed E-state index contributed by atoms with van der Waals surface area (Å²) in [5.74, 6) is 0.412. The zero-order valence-electron chi connectivity index (χ0n) is 15.5. The molecule has 1 amide bonds.